The molecular formula is C19H16ClFN2O3. The van der Waals surface area contributed by atoms with Gasteiger partial charge in [0.1, 0.15) is 11.9 Å². The second-order valence-electron chi connectivity index (χ2n) is 5.99. The number of hydrogen-bond acceptors (Lipinski definition) is 3. The van der Waals surface area contributed by atoms with Gasteiger partial charge in [0.15, 0.2) is 0 Å². The summed E-state index contributed by atoms with van der Waals surface area (Å²) in [6.07, 6.45) is 1.98. The molecule has 1 atom stereocenters. The van der Waals surface area contributed by atoms with Crippen LogP contribution >= 0.6 is 11.6 Å². The lowest BCUT2D eigenvalue weighted by molar-refractivity contribution is 0.0695. The van der Waals surface area contributed by atoms with E-state index < -0.39 is 17.9 Å². The lowest BCUT2D eigenvalue weighted by Crippen LogP contribution is -2.10. The smallest absolute Gasteiger partial charge is 0.336 e. The number of carboxylic acid groups (broad SMARTS) is 1. The fraction of sp³-hybridized carbons (Fsp3) is 0.158. The minimum absolute atomic E-state index is 0.0574. The van der Waals surface area contributed by atoms with Crippen LogP contribution < -0.4 is 0 Å². The van der Waals surface area contributed by atoms with E-state index in [9.17, 15) is 19.4 Å². The first kappa shape index (κ1) is 18.1. The van der Waals surface area contributed by atoms with Crippen molar-refractivity contribution < 1.29 is 19.4 Å². The van der Waals surface area contributed by atoms with E-state index in [0.717, 1.165) is 11.6 Å². The molecule has 0 aliphatic heterocycles. The molecule has 0 amide bonds. The minimum Gasteiger partial charge on any atom is -0.478 e. The van der Waals surface area contributed by atoms with Gasteiger partial charge in [-0.25, -0.2) is 9.18 Å². The van der Waals surface area contributed by atoms with Crippen LogP contribution in [0.25, 0.3) is 0 Å². The van der Waals surface area contributed by atoms with Crippen LogP contribution in [0.3, 0.4) is 0 Å². The third kappa shape index (κ3) is 3.76. The Hall–Kier alpha value is -2.70. The maximum atomic E-state index is 14.7. The quantitative estimate of drug-likeness (QED) is 0.715. The zero-order chi connectivity index (χ0) is 18.8. The summed E-state index contributed by atoms with van der Waals surface area (Å²) in [5.74, 6) is -1.94. The molecule has 3 rings (SSSR count). The molecule has 0 saturated carbocycles. The number of hydrogen-bond donors (Lipinski definition) is 2. The summed E-state index contributed by atoms with van der Waals surface area (Å²) < 4.78 is 16.2. The van der Waals surface area contributed by atoms with E-state index in [1.807, 2.05) is 0 Å². The van der Waals surface area contributed by atoms with E-state index in [0.29, 0.717) is 10.6 Å². The van der Waals surface area contributed by atoms with Gasteiger partial charge in [-0.1, -0.05) is 23.7 Å². The van der Waals surface area contributed by atoms with Gasteiger partial charge in [0, 0.05) is 35.8 Å². The average Bonchev–Trinajstić information content (AvgIpc) is 3.03. The number of benzene rings is 2. The van der Waals surface area contributed by atoms with Crippen LogP contribution in [0.15, 0.2) is 48.8 Å². The summed E-state index contributed by atoms with van der Waals surface area (Å²) in [6.45, 7) is 0. The van der Waals surface area contributed by atoms with Gasteiger partial charge < -0.3 is 10.2 Å². The Balaban J connectivity index is 2.00. The normalized spacial score (nSPS) is 12.2. The molecule has 5 nitrogen and oxygen atoms in total. The molecule has 0 spiro atoms. The van der Waals surface area contributed by atoms with E-state index in [1.54, 1.807) is 37.5 Å². The highest BCUT2D eigenvalue weighted by Gasteiger charge is 2.21. The van der Waals surface area contributed by atoms with Gasteiger partial charge in [0.2, 0.25) is 0 Å². The Morgan fingerprint density at radius 2 is 1.96 bits per heavy atom. The second-order valence-corrected chi connectivity index (χ2v) is 6.42. The van der Waals surface area contributed by atoms with Crippen LogP contribution in [0, 0.1) is 5.82 Å². The van der Waals surface area contributed by atoms with Crippen molar-refractivity contribution in [2.45, 2.75) is 12.5 Å². The number of aromatic carboxylic acids is 1. The predicted octanol–water partition coefficient (Wildman–Crippen LogP) is 3.58. The van der Waals surface area contributed by atoms with Gasteiger partial charge >= 0.3 is 5.97 Å². The molecular weight excluding hydrogens is 359 g/mol. The van der Waals surface area contributed by atoms with E-state index in [2.05, 4.69) is 5.10 Å². The molecule has 0 aliphatic rings. The lowest BCUT2D eigenvalue weighted by atomic mass is 9.94. The van der Waals surface area contributed by atoms with Gasteiger partial charge in [-0.15, -0.1) is 0 Å². The highest BCUT2D eigenvalue weighted by Crippen LogP contribution is 2.27. The van der Waals surface area contributed by atoms with Crippen LogP contribution in [-0.4, -0.2) is 26.0 Å². The lowest BCUT2D eigenvalue weighted by Gasteiger charge is -2.14. The first-order chi connectivity index (χ1) is 12.3. The van der Waals surface area contributed by atoms with Crippen molar-refractivity contribution in [3.8, 4) is 0 Å². The Kier molecular flexibility index (Phi) is 5.06. The first-order valence-electron chi connectivity index (χ1n) is 7.82. The largest absolute Gasteiger partial charge is 0.478 e. The first-order valence-corrected chi connectivity index (χ1v) is 8.19. The van der Waals surface area contributed by atoms with Crippen LogP contribution in [-0.2, 0) is 13.5 Å². The number of nitrogens with zero attached hydrogens (tertiary/aromatic N) is 2. The summed E-state index contributed by atoms with van der Waals surface area (Å²) in [6, 6.07) is 9.22. The highest BCUT2D eigenvalue weighted by atomic mass is 35.5. The fourth-order valence-corrected chi connectivity index (χ4v) is 2.89. The van der Waals surface area contributed by atoms with Gasteiger partial charge in [-0.3, -0.25) is 4.68 Å². The van der Waals surface area contributed by atoms with E-state index in [1.165, 1.54) is 16.9 Å². The van der Waals surface area contributed by atoms with Crippen LogP contribution in [0.1, 0.15) is 38.7 Å². The third-order valence-electron chi connectivity index (χ3n) is 4.10. The number of carboxylic acids is 1. The molecule has 1 heterocycles. The van der Waals surface area contributed by atoms with Crippen molar-refractivity contribution in [1.82, 2.24) is 9.78 Å². The molecule has 2 aromatic carbocycles. The van der Waals surface area contributed by atoms with Crippen LogP contribution in [0.5, 0.6) is 0 Å². The topological polar surface area (TPSA) is 75.4 Å². The molecule has 0 saturated heterocycles. The van der Waals surface area contributed by atoms with Crippen molar-refractivity contribution in [1.29, 1.82) is 0 Å². The van der Waals surface area contributed by atoms with Crippen molar-refractivity contribution in [3.63, 3.8) is 0 Å². The standard InChI is InChI=1S/C19H16ClFN2O3/c1-23-10-13(9-22-23)18(24)12-7-16(19(25)26)15(17(21)8-12)6-11-2-4-14(20)5-3-11/h2-5,7-10,18,24H,6H2,1H3,(H,25,26). The Morgan fingerprint density at radius 1 is 1.27 bits per heavy atom. The molecule has 26 heavy (non-hydrogen) atoms. The molecule has 3 aromatic rings. The monoisotopic (exact) mass is 374 g/mol. The van der Waals surface area contributed by atoms with Crippen molar-refractivity contribution in [2.24, 2.45) is 7.05 Å². The second kappa shape index (κ2) is 7.27. The molecule has 0 bridgehead atoms. The number of aliphatic hydroxyl groups is 1. The zero-order valence-electron chi connectivity index (χ0n) is 13.9. The molecule has 0 aliphatic carbocycles. The Bertz CT molecular complexity index is 954. The molecule has 0 radical (unpaired) electrons. The summed E-state index contributed by atoms with van der Waals surface area (Å²) in [5, 5.41) is 24.4. The third-order valence-corrected chi connectivity index (χ3v) is 4.35. The highest BCUT2D eigenvalue weighted by molar-refractivity contribution is 6.30. The van der Waals surface area contributed by atoms with Crippen LogP contribution in [0.4, 0.5) is 4.39 Å². The predicted molar refractivity (Wildman–Crippen MR) is 94.9 cm³/mol. The summed E-state index contributed by atoms with van der Waals surface area (Å²) in [4.78, 5) is 11.6. The number of rotatable bonds is 5. The number of carbonyl (C=O) groups is 1. The van der Waals surface area contributed by atoms with Gasteiger partial charge in [-0.2, -0.15) is 5.10 Å². The van der Waals surface area contributed by atoms with E-state index in [-0.39, 0.29) is 23.1 Å². The summed E-state index contributed by atoms with van der Waals surface area (Å²) in [5.41, 5.74) is 1.22. The van der Waals surface area contributed by atoms with Crippen LogP contribution in [0.2, 0.25) is 5.02 Å². The van der Waals surface area contributed by atoms with Gasteiger partial charge in [0.25, 0.3) is 0 Å². The average molecular weight is 375 g/mol. The number of halogens is 2. The molecule has 134 valence electrons. The van der Waals surface area contributed by atoms with Crippen molar-refractivity contribution in [3.05, 3.63) is 87.4 Å². The maximum Gasteiger partial charge on any atom is 0.336 e. The number of aryl methyl sites for hydroxylation is 1. The van der Waals surface area contributed by atoms with Crippen molar-refractivity contribution >= 4 is 17.6 Å². The number of aliphatic hydroxyl groups excluding tert-OH is 1. The van der Waals surface area contributed by atoms with E-state index >= 15 is 0 Å². The van der Waals surface area contributed by atoms with E-state index in [4.69, 9.17) is 11.6 Å². The summed E-state index contributed by atoms with van der Waals surface area (Å²) >= 11 is 5.84. The molecule has 7 heteroatoms. The Labute approximate surface area is 154 Å². The molecule has 2 N–H and O–H groups in total. The molecule has 1 aromatic heterocycles. The van der Waals surface area contributed by atoms with Gasteiger partial charge in [0.05, 0.1) is 11.8 Å². The molecule has 1 unspecified atom stereocenters. The Morgan fingerprint density at radius 3 is 2.54 bits per heavy atom. The summed E-state index contributed by atoms with van der Waals surface area (Å²) in [7, 11) is 1.69. The minimum atomic E-state index is -1.26. The maximum absolute atomic E-state index is 14.7. The van der Waals surface area contributed by atoms with Gasteiger partial charge in [-0.05, 0) is 35.4 Å². The zero-order valence-corrected chi connectivity index (χ0v) is 14.6. The number of aromatic nitrogens is 2. The SMILES string of the molecule is Cn1cc(C(O)c2cc(F)c(Cc3ccc(Cl)cc3)c(C(=O)O)c2)cn1. The fourth-order valence-electron chi connectivity index (χ4n) is 2.77. The van der Waals surface area contributed by atoms with Crippen molar-refractivity contribution in [2.75, 3.05) is 0 Å². The molecule has 0 fully saturated rings.